The molecule has 2 rings (SSSR count). The van der Waals surface area contributed by atoms with E-state index >= 15 is 0 Å². The van der Waals surface area contributed by atoms with Crippen LogP contribution in [-0.2, 0) is 4.74 Å². The molecule has 1 saturated carbocycles. The summed E-state index contributed by atoms with van der Waals surface area (Å²) in [6.07, 6.45) is -3.52. The van der Waals surface area contributed by atoms with Crippen LogP contribution in [0.5, 0.6) is 0 Å². The molecule has 2 fully saturated rings. The van der Waals surface area contributed by atoms with Gasteiger partial charge >= 0.3 is 6.18 Å². The molecule has 0 amide bonds. The van der Waals surface area contributed by atoms with Crippen molar-refractivity contribution >= 4 is 0 Å². The summed E-state index contributed by atoms with van der Waals surface area (Å²) in [5.41, 5.74) is -3.02. The summed E-state index contributed by atoms with van der Waals surface area (Å²) in [5, 5.41) is 0. The van der Waals surface area contributed by atoms with Crippen molar-refractivity contribution in [1.82, 2.24) is 0 Å². The second-order valence-corrected chi connectivity index (χ2v) is 5.30. The van der Waals surface area contributed by atoms with Gasteiger partial charge in [-0.1, -0.05) is 20.8 Å². The van der Waals surface area contributed by atoms with E-state index in [0.717, 1.165) is 0 Å². The average Bonchev–Trinajstić information content (AvgIpc) is 2.32. The Balaban J connectivity index is 2.50. The third-order valence-electron chi connectivity index (χ3n) is 4.64. The maximum absolute atomic E-state index is 13.0. The molecule has 0 aromatic heterocycles. The van der Waals surface area contributed by atoms with Gasteiger partial charge in [-0.2, -0.15) is 13.2 Å². The lowest BCUT2D eigenvalue weighted by atomic mass is 9.66. The molecule has 0 N–H and O–H groups in total. The summed E-state index contributed by atoms with van der Waals surface area (Å²) < 4.78 is 44.0. The van der Waals surface area contributed by atoms with E-state index in [1.165, 1.54) is 0 Å². The van der Waals surface area contributed by atoms with Gasteiger partial charge in [0.25, 0.3) is 0 Å². The van der Waals surface area contributed by atoms with Crippen LogP contribution < -0.4 is 0 Å². The number of alkyl halides is 3. The summed E-state index contributed by atoms with van der Waals surface area (Å²) in [6, 6.07) is 0. The van der Waals surface area contributed by atoms with Crippen molar-refractivity contribution < 1.29 is 17.9 Å². The second kappa shape index (κ2) is 2.29. The zero-order valence-electron chi connectivity index (χ0n) is 8.66. The second-order valence-electron chi connectivity index (χ2n) is 5.30. The number of fused-ring (bicyclic) bond motifs is 2. The fraction of sp³-hybridized carbons (Fsp3) is 1.00. The third kappa shape index (κ3) is 0.818. The molecule has 2 atom stereocenters. The molecule has 1 aliphatic carbocycles. The first-order valence-corrected chi connectivity index (χ1v) is 4.87. The molecule has 0 radical (unpaired) electrons. The summed E-state index contributed by atoms with van der Waals surface area (Å²) >= 11 is 0. The minimum atomic E-state index is -4.25. The Morgan fingerprint density at radius 3 is 1.79 bits per heavy atom. The molecule has 0 aromatic carbocycles. The lowest BCUT2D eigenvalue weighted by Gasteiger charge is -2.39. The number of ether oxygens (including phenoxy) is 1. The van der Waals surface area contributed by atoms with Crippen LogP contribution in [0.1, 0.15) is 33.6 Å². The normalized spacial score (nSPS) is 45.9. The van der Waals surface area contributed by atoms with Crippen LogP contribution in [0.2, 0.25) is 0 Å². The fourth-order valence-corrected chi connectivity index (χ4v) is 2.93. The maximum atomic E-state index is 13.0. The van der Waals surface area contributed by atoms with Crippen molar-refractivity contribution in [3.05, 3.63) is 0 Å². The molecule has 1 aliphatic heterocycles. The zero-order valence-corrected chi connectivity index (χ0v) is 8.66. The van der Waals surface area contributed by atoms with Gasteiger partial charge in [-0.15, -0.1) is 0 Å². The largest absolute Gasteiger partial charge is 0.417 e. The molecule has 82 valence electrons. The van der Waals surface area contributed by atoms with E-state index in [1.54, 1.807) is 13.8 Å². The van der Waals surface area contributed by atoms with Gasteiger partial charge < -0.3 is 4.74 Å². The Hall–Kier alpha value is -0.250. The Bertz CT molecular complexity index is 259. The highest BCUT2D eigenvalue weighted by atomic mass is 19.4. The Kier molecular flexibility index (Phi) is 1.68. The Morgan fingerprint density at radius 1 is 1.07 bits per heavy atom. The molecule has 1 heterocycles. The fourth-order valence-electron chi connectivity index (χ4n) is 2.93. The minimum Gasteiger partial charge on any atom is -0.364 e. The molecule has 14 heavy (non-hydrogen) atoms. The van der Waals surface area contributed by atoms with Gasteiger partial charge in [-0.3, -0.25) is 0 Å². The number of rotatable bonds is 0. The lowest BCUT2D eigenvalue weighted by molar-refractivity contribution is -0.286. The standard InChI is InChI=1S/C10H15F3O/c1-7(2)8(3)4-5-9(7,14-6-8)10(11,12)13/h4-6H2,1-3H3. The van der Waals surface area contributed by atoms with E-state index in [2.05, 4.69) is 0 Å². The predicted molar refractivity (Wildman–Crippen MR) is 45.9 cm³/mol. The average molecular weight is 208 g/mol. The van der Waals surface area contributed by atoms with Crippen LogP contribution in [0.4, 0.5) is 13.2 Å². The van der Waals surface area contributed by atoms with E-state index in [0.29, 0.717) is 6.42 Å². The molecule has 1 nitrogen and oxygen atoms in total. The van der Waals surface area contributed by atoms with Crippen molar-refractivity contribution in [1.29, 1.82) is 0 Å². The summed E-state index contributed by atoms with van der Waals surface area (Å²) in [5.74, 6) is 0. The van der Waals surface area contributed by atoms with Crippen LogP contribution in [-0.4, -0.2) is 18.4 Å². The predicted octanol–water partition coefficient (Wildman–Crippen LogP) is 3.14. The van der Waals surface area contributed by atoms with Gasteiger partial charge in [0, 0.05) is 5.41 Å². The molecule has 0 aromatic rings. The summed E-state index contributed by atoms with van der Waals surface area (Å²) in [6.45, 7) is 5.49. The van der Waals surface area contributed by atoms with Crippen LogP contribution >= 0.6 is 0 Å². The van der Waals surface area contributed by atoms with E-state index in [4.69, 9.17) is 4.74 Å². The smallest absolute Gasteiger partial charge is 0.364 e. The van der Waals surface area contributed by atoms with Crippen LogP contribution in [0.3, 0.4) is 0 Å². The maximum Gasteiger partial charge on any atom is 0.417 e. The number of hydrogen-bond acceptors (Lipinski definition) is 1. The minimum absolute atomic E-state index is 0.111. The molecule has 0 spiro atoms. The van der Waals surface area contributed by atoms with Crippen molar-refractivity contribution in [3.63, 3.8) is 0 Å². The van der Waals surface area contributed by atoms with Crippen molar-refractivity contribution in [2.75, 3.05) is 6.61 Å². The van der Waals surface area contributed by atoms with Crippen molar-refractivity contribution in [2.45, 2.75) is 45.4 Å². The first kappa shape index (κ1) is 10.3. The van der Waals surface area contributed by atoms with Gasteiger partial charge in [0.1, 0.15) is 0 Å². The molecule has 2 unspecified atom stereocenters. The Morgan fingerprint density at radius 2 is 1.64 bits per heavy atom. The summed E-state index contributed by atoms with van der Waals surface area (Å²) in [7, 11) is 0. The molecule has 2 bridgehead atoms. The van der Waals surface area contributed by atoms with E-state index in [9.17, 15) is 13.2 Å². The van der Waals surface area contributed by atoms with E-state index in [-0.39, 0.29) is 18.4 Å². The quantitative estimate of drug-likeness (QED) is 0.594. The van der Waals surface area contributed by atoms with E-state index in [1.807, 2.05) is 6.92 Å². The summed E-state index contributed by atoms with van der Waals surface area (Å²) in [4.78, 5) is 0. The Labute approximate surface area is 81.6 Å². The zero-order chi connectivity index (χ0) is 10.8. The first-order valence-electron chi connectivity index (χ1n) is 4.87. The SMILES string of the molecule is CC12CCC(C(F)(F)F)(OC1)C2(C)C. The number of halogens is 3. The van der Waals surface area contributed by atoms with Gasteiger partial charge in [0.15, 0.2) is 5.60 Å². The lowest BCUT2D eigenvalue weighted by Crippen LogP contribution is -2.52. The number of hydrogen-bond donors (Lipinski definition) is 0. The van der Waals surface area contributed by atoms with Crippen LogP contribution in [0.15, 0.2) is 0 Å². The molecular weight excluding hydrogens is 193 g/mol. The van der Waals surface area contributed by atoms with Gasteiger partial charge in [0.05, 0.1) is 6.61 Å². The molecule has 2 aliphatic rings. The van der Waals surface area contributed by atoms with Gasteiger partial charge in [-0.05, 0) is 18.3 Å². The highest BCUT2D eigenvalue weighted by molar-refractivity contribution is 5.18. The topological polar surface area (TPSA) is 9.23 Å². The van der Waals surface area contributed by atoms with Gasteiger partial charge in [-0.25, -0.2) is 0 Å². The van der Waals surface area contributed by atoms with Crippen LogP contribution in [0.25, 0.3) is 0 Å². The highest BCUT2D eigenvalue weighted by Crippen LogP contribution is 2.69. The molecule has 4 heteroatoms. The third-order valence-corrected chi connectivity index (χ3v) is 4.64. The monoisotopic (exact) mass is 208 g/mol. The van der Waals surface area contributed by atoms with E-state index < -0.39 is 17.2 Å². The van der Waals surface area contributed by atoms with Gasteiger partial charge in [0.2, 0.25) is 0 Å². The van der Waals surface area contributed by atoms with Crippen LogP contribution in [0, 0.1) is 10.8 Å². The van der Waals surface area contributed by atoms with Crippen molar-refractivity contribution in [2.24, 2.45) is 10.8 Å². The molecular formula is C10H15F3O. The first-order chi connectivity index (χ1) is 6.16. The highest BCUT2D eigenvalue weighted by Gasteiger charge is 2.76. The van der Waals surface area contributed by atoms with Crippen molar-refractivity contribution in [3.8, 4) is 0 Å². The molecule has 1 saturated heterocycles.